The summed E-state index contributed by atoms with van der Waals surface area (Å²) < 4.78 is 2.01. The van der Waals surface area contributed by atoms with E-state index < -0.39 is 0 Å². The smallest absolute Gasteiger partial charge is 0.0489 e. The molecule has 0 unspecified atom stereocenters. The van der Waals surface area contributed by atoms with E-state index >= 15 is 0 Å². The number of hydrogen-bond donors (Lipinski definition) is 1. The zero-order valence-electron chi connectivity index (χ0n) is 6.53. The van der Waals surface area contributed by atoms with Crippen LogP contribution in [0.15, 0.2) is 18.5 Å². The van der Waals surface area contributed by atoms with E-state index in [1.165, 1.54) is 13.0 Å². The Morgan fingerprint density at radius 2 is 2.64 bits per heavy atom. The molecule has 60 valence electrons. The Balaban J connectivity index is 1.90. The first-order chi connectivity index (χ1) is 5.45. The standard InChI is InChI=1S/C8H13N3/c1-3-10-11(5-1)7-8-2-4-9-6-8/h1,3,5,8-9H,2,4,6-7H2/t8-/m0/s1. The first-order valence-corrected chi connectivity index (χ1v) is 4.13. The third-order valence-electron chi connectivity index (χ3n) is 2.17. The van der Waals surface area contributed by atoms with Crippen LogP contribution in [0.3, 0.4) is 0 Å². The maximum absolute atomic E-state index is 4.17. The van der Waals surface area contributed by atoms with Gasteiger partial charge in [0.2, 0.25) is 0 Å². The number of nitrogens with one attached hydrogen (secondary N) is 1. The van der Waals surface area contributed by atoms with Gasteiger partial charge in [-0.05, 0) is 31.5 Å². The van der Waals surface area contributed by atoms with E-state index in [2.05, 4.69) is 10.4 Å². The summed E-state index contributed by atoms with van der Waals surface area (Å²) in [6.45, 7) is 3.39. The number of nitrogens with zero attached hydrogens (tertiary/aromatic N) is 2. The average Bonchev–Trinajstić information content (AvgIpc) is 2.60. The molecule has 0 bridgehead atoms. The van der Waals surface area contributed by atoms with Gasteiger partial charge < -0.3 is 5.32 Å². The average molecular weight is 151 g/mol. The van der Waals surface area contributed by atoms with Crippen molar-refractivity contribution in [3.63, 3.8) is 0 Å². The van der Waals surface area contributed by atoms with Crippen LogP contribution in [0.25, 0.3) is 0 Å². The van der Waals surface area contributed by atoms with Crippen LogP contribution in [0.4, 0.5) is 0 Å². The van der Waals surface area contributed by atoms with E-state index in [0.717, 1.165) is 19.0 Å². The molecule has 1 aliphatic heterocycles. The molecule has 2 heterocycles. The van der Waals surface area contributed by atoms with Gasteiger partial charge in [-0.2, -0.15) is 5.10 Å². The highest BCUT2D eigenvalue weighted by molar-refractivity contribution is 4.80. The first-order valence-electron chi connectivity index (χ1n) is 4.13. The minimum atomic E-state index is 0.787. The second kappa shape index (κ2) is 3.05. The van der Waals surface area contributed by atoms with Crippen molar-refractivity contribution in [3.8, 4) is 0 Å². The van der Waals surface area contributed by atoms with Crippen molar-refractivity contribution < 1.29 is 0 Å². The molecule has 0 aliphatic carbocycles. The Hall–Kier alpha value is -0.830. The maximum Gasteiger partial charge on any atom is 0.0489 e. The van der Waals surface area contributed by atoms with Gasteiger partial charge in [-0.1, -0.05) is 0 Å². The Morgan fingerprint density at radius 3 is 3.27 bits per heavy atom. The van der Waals surface area contributed by atoms with E-state index in [9.17, 15) is 0 Å². The number of aromatic nitrogens is 2. The molecule has 0 amide bonds. The molecule has 3 nitrogen and oxygen atoms in total. The lowest BCUT2D eigenvalue weighted by molar-refractivity contribution is 0.449. The third kappa shape index (κ3) is 1.60. The van der Waals surface area contributed by atoms with Crippen LogP contribution in [-0.2, 0) is 6.54 Å². The zero-order chi connectivity index (χ0) is 7.52. The molecule has 3 heteroatoms. The highest BCUT2D eigenvalue weighted by Crippen LogP contribution is 2.09. The van der Waals surface area contributed by atoms with Crippen molar-refractivity contribution in [2.75, 3.05) is 13.1 Å². The molecule has 1 saturated heterocycles. The van der Waals surface area contributed by atoms with E-state index in [0.29, 0.717) is 0 Å². The summed E-state index contributed by atoms with van der Waals surface area (Å²) in [7, 11) is 0. The summed E-state index contributed by atoms with van der Waals surface area (Å²) in [4.78, 5) is 0. The fraction of sp³-hybridized carbons (Fsp3) is 0.625. The van der Waals surface area contributed by atoms with Crippen LogP contribution in [0.5, 0.6) is 0 Å². The van der Waals surface area contributed by atoms with Crippen molar-refractivity contribution in [2.24, 2.45) is 5.92 Å². The molecular weight excluding hydrogens is 138 g/mol. The van der Waals surface area contributed by atoms with Gasteiger partial charge in [-0.15, -0.1) is 0 Å². The number of rotatable bonds is 2. The Bertz CT molecular complexity index is 199. The van der Waals surface area contributed by atoms with Crippen molar-refractivity contribution in [3.05, 3.63) is 18.5 Å². The van der Waals surface area contributed by atoms with Crippen molar-refractivity contribution >= 4 is 0 Å². The summed E-state index contributed by atoms with van der Waals surface area (Å²) in [5.74, 6) is 0.787. The summed E-state index contributed by atoms with van der Waals surface area (Å²) in [6, 6.07) is 1.97. The van der Waals surface area contributed by atoms with Gasteiger partial charge in [0.25, 0.3) is 0 Å². The van der Waals surface area contributed by atoms with Crippen LogP contribution in [-0.4, -0.2) is 22.9 Å². The van der Waals surface area contributed by atoms with Crippen molar-refractivity contribution in [1.29, 1.82) is 0 Å². The number of hydrogen-bond acceptors (Lipinski definition) is 2. The van der Waals surface area contributed by atoms with Crippen LogP contribution in [0.1, 0.15) is 6.42 Å². The van der Waals surface area contributed by atoms with Crippen LogP contribution in [0, 0.1) is 5.92 Å². The predicted octanol–water partition coefficient (Wildman–Crippen LogP) is 0.493. The van der Waals surface area contributed by atoms with Crippen LogP contribution in [0.2, 0.25) is 0 Å². The maximum atomic E-state index is 4.17. The van der Waals surface area contributed by atoms with Gasteiger partial charge in [-0.3, -0.25) is 4.68 Å². The zero-order valence-corrected chi connectivity index (χ0v) is 6.53. The molecule has 1 aromatic heterocycles. The molecule has 1 aliphatic rings. The lowest BCUT2D eigenvalue weighted by Crippen LogP contribution is -2.14. The molecule has 2 rings (SSSR count). The van der Waals surface area contributed by atoms with Crippen LogP contribution < -0.4 is 5.32 Å². The Labute approximate surface area is 66.4 Å². The fourth-order valence-corrected chi connectivity index (χ4v) is 1.54. The van der Waals surface area contributed by atoms with Gasteiger partial charge in [0, 0.05) is 18.9 Å². The first kappa shape index (κ1) is 6.85. The summed E-state index contributed by atoms with van der Waals surface area (Å²) in [6.07, 6.45) is 5.15. The predicted molar refractivity (Wildman–Crippen MR) is 43.2 cm³/mol. The Kier molecular flexibility index (Phi) is 1.90. The second-order valence-corrected chi connectivity index (χ2v) is 3.09. The highest BCUT2D eigenvalue weighted by Gasteiger charge is 2.14. The molecule has 1 fully saturated rings. The topological polar surface area (TPSA) is 29.9 Å². The molecule has 1 atom stereocenters. The van der Waals surface area contributed by atoms with E-state index in [1.54, 1.807) is 0 Å². The largest absolute Gasteiger partial charge is 0.316 e. The van der Waals surface area contributed by atoms with Gasteiger partial charge in [0.15, 0.2) is 0 Å². The summed E-state index contributed by atoms with van der Waals surface area (Å²) in [5, 5.41) is 7.51. The summed E-state index contributed by atoms with van der Waals surface area (Å²) in [5.41, 5.74) is 0. The monoisotopic (exact) mass is 151 g/mol. The van der Waals surface area contributed by atoms with E-state index in [1.807, 2.05) is 23.1 Å². The normalized spacial score (nSPS) is 24.2. The van der Waals surface area contributed by atoms with Gasteiger partial charge in [0.05, 0.1) is 0 Å². The molecule has 1 aromatic rings. The second-order valence-electron chi connectivity index (χ2n) is 3.09. The molecule has 0 saturated carbocycles. The SMILES string of the molecule is c1cnn(C[C@H]2CCNC2)c1. The van der Waals surface area contributed by atoms with E-state index in [-0.39, 0.29) is 0 Å². The lowest BCUT2D eigenvalue weighted by Gasteiger charge is -2.06. The van der Waals surface area contributed by atoms with Gasteiger partial charge >= 0.3 is 0 Å². The molecule has 0 aromatic carbocycles. The molecule has 0 radical (unpaired) electrons. The van der Waals surface area contributed by atoms with Gasteiger partial charge in [0.1, 0.15) is 0 Å². The quantitative estimate of drug-likeness (QED) is 0.666. The minimum Gasteiger partial charge on any atom is -0.316 e. The van der Waals surface area contributed by atoms with Gasteiger partial charge in [-0.25, -0.2) is 0 Å². The fourth-order valence-electron chi connectivity index (χ4n) is 1.54. The highest BCUT2D eigenvalue weighted by atomic mass is 15.3. The van der Waals surface area contributed by atoms with Crippen molar-refractivity contribution in [1.82, 2.24) is 15.1 Å². The molecular formula is C8H13N3. The minimum absolute atomic E-state index is 0.787. The molecule has 1 N–H and O–H groups in total. The van der Waals surface area contributed by atoms with E-state index in [4.69, 9.17) is 0 Å². The van der Waals surface area contributed by atoms with Crippen LogP contribution >= 0.6 is 0 Å². The lowest BCUT2D eigenvalue weighted by atomic mass is 10.1. The Morgan fingerprint density at radius 1 is 1.64 bits per heavy atom. The third-order valence-corrected chi connectivity index (χ3v) is 2.17. The molecule has 11 heavy (non-hydrogen) atoms. The summed E-state index contributed by atoms with van der Waals surface area (Å²) >= 11 is 0. The van der Waals surface area contributed by atoms with Crippen molar-refractivity contribution in [2.45, 2.75) is 13.0 Å². The molecule has 0 spiro atoms.